The van der Waals surface area contributed by atoms with Gasteiger partial charge >= 0.3 is 0 Å². The minimum atomic E-state index is 0.213. The second kappa shape index (κ2) is 7.72. The van der Waals surface area contributed by atoms with Crippen molar-refractivity contribution in [1.29, 1.82) is 0 Å². The van der Waals surface area contributed by atoms with Crippen LogP contribution >= 0.6 is 47.8 Å². The lowest BCUT2D eigenvalue weighted by Gasteiger charge is -2.16. The van der Waals surface area contributed by atoms with Gasteiger partial charge in [-0.1, -0.05) is 6.07 Å². The highest BCUT2D eigenvalue weighted by atomic mass is 79.9. The fraction of sp³-hybridized carbons (Fsp3) is 0.267. The van der Waals surface area contributed by atoms with Crippen molar-refractivity contribution in [2.75, 3.05) is 7.11 Å². The molecule has 0 aliphatic heterocycles. The molecular weight excluding hydrogens is 464 g/mol. The van der Waals surface area contributed by atoms with Gasteiger partial charge in [-0.3, -0.25) is 4.98 Å². The Labute approximate surface area is 149 Å². The lowest BCUT2D eigenvalue weighted by molar-refractivity contribution is 0.411. The average molecular weight is 479 g/mol. The van der Waals surface area contributed by atoms with Crippen molar-refractivity contribution in [2.24, 2.45) is 0 Å². The van der Waals surface area contributed by atoms with Gasteiger partial charge in [-0.2, -0.15) is 0 Å². The topological polar surface area (TPSA) is 34.1 Å². The zero-order chi connectivity index (χ0) is 15.4. The molecule has 3 nitrogen and oxygen atoms in total. The Hall–Kier alpha value is -0.430. The standard InChI is InChI=1S/C15H15Br3N2O/c1-9(10-3-4-15(21-2)13(18)5-10)19-8-14-12(17)6-11(16)7-20-14/h3-7,9,19H,8H2,1-2H3. The third-order valence-corrected chi connectivity index (χ3v) is 4.88. The van der Waals surface area contributed by atoms with Gasteiger partial charge in [-0.15, -0.1) is 0 Å². The van der Waals surface area contributed by atoms with Crippen LogP contribution in [-0.4, -0.2) is 12.1 Å². The van der Waals surface area contributed by atoms with Crippen molar-refractivity contribution in [3.05, 3.63) is 55.1 Å². The molecule has 0 saturated heterocycles. The van der Waals surface area contributed by atoms with Crippen LogP contribution in [0.15, 0.2) is 43.9 Å². The molecule has 21 heavy (non-hydrogen) atoms. The first-order chi connectivity index (χ1) is 10.0. The molecule has 1 heterocycles. The number of ether oxygens (including phenoxy) is 1. The summed E-state index contributed by atoms with van der Waals surface area (Å²) in [6.45, 7) is 2.82. The molecule has 0 radical (unpaired) electrons. The molecule has 1 unspecified atom stereocenters. The molecule has 0 bridgehead atoms. The van der Waals surface area contributed by atoms with Crippen molar-refractivity contribution in [2.45, 2.75) is 19.5 Å². The van der Waals surface area contributed by atoms with E-state index in [2.05, 4.69) is 77.1 Å². The molecule has 0 aliphatic carbocycles. The van der Waals surface area contributed by atoms with Crippen LogP contribution in [0.25, 0.3) is 0 Å². The number of halogens is 3. The van der Waals surface area contributed by atoms with E-state index in [1.807, 2.05) is 12.1 Å². The number of pyridine rings is 1. The van der Waals surface area contributed by atoms with E-state index < -0.39 is 0 Å². The number of nitrogens with one attached hydrogen (secondary N) is 1. The smallest absolute Gasteiger partial charge is 0.133 e. The molecule has 112 valence electrons. The van der Waals surface area contributed by atoms with Gasteiger partial charge in [0.25, 0.3) is 0 Å². The molecule has 1 atom stereocenters. The number of methoxy groups -OCH3 is 1. The number of rotatable bonds is 5. The maximum Gasteiger partial charge on any atom is 0.133 e. The Morgan fingerprint density at radius 2 is 1.95 bits per heavy atom. The molecule has 0 saturated carbocycles. The second-order valence-corrected chi connectivity index (χ2v) is 7.20. The van der Waals surface area contributed by atoms with E-state index in [0.29, 0.717) is 6.54 Å². The van der Waals surface area contributed by atoms with Gasteiger partial charge in [0, 0.05) is 27.7 Å². The number of aromatic nitrogens is 1. The van der Waals surface area contributed by atoms with Crippen molar-refractivity contribution in [3.8, 4) is 5.75 Å². The minimum absolute atomic E-state index is 0.213. The lowest BCUT2D eigenvalue weighted by atomic mass is 10.1. The highest BCUT2D eigenvalue weighted by molar-refractivity contribution is 9.11. The van der Waals surface area contributed by atoms with Gasteiger partial charge in [0.15, 0.2) is 0 Å². The van der Waals surface area contributed by atoms with Crippen molar-refractivity contribution in [1.82, 2.24) is 10.3 Å². The molecule has 0 aliphatic rings. The van der Waals surface area contributed by atoms with Crippen LogP contribution in [0.2, 0.25) is 0 Å². The predicted octanol–water partition coefficient (Wildman–Crippen LogP) is 5.23. The van der Waals surface area contributed by atoms with Crippen molar-refractivity contribution < 1.29 is 4.74 Å². The summed E-state index contributed by atoms with van der Waals surface area (Å²) in [5, 5.41) is 3.47. The normalized spacial score (nSPS) is 12.2. The van der Waals surface area contributed by atoms with Crippen LogP contribution in [0.4, 0.5) is 0 Å². The second-order valence-electron chi connectivity index (χ2n) is 4.58. The summed E-state index contributed by atoms with van der Waals surface area (Å²) in [5.74, 6) is 0.836. The summed E-state index contributed by atoms with van der Waals surface area (Å²) in [6.07, 6.45) is 1.80. The first kappa shape index (κ1) is 16.9. The lowest BCUT2D eigenvalue weighted by Crippen LogP contribution is -2.19. The maximum atomic E-state index is 5.25. The van der Waals surface area contributed by atoms with E-state index in [9.17, 15) is 0 Å². The van der Waals surface area contributed by atoms with Crippen LogP contribution in [0.3, 0.4) is 0 Å². The molecular formula is C15H15Br3N2O. The summed E-state index contributed by atoms with van der Waals surface area (Å²) < 4.78 is 8.16. The van der Waals surface area contributed by atoms with E-state index in [1.165, 1.54) is 5.56 Å². The third kappa shape index (κ3) is 4.52. The van der Waals surface area contributed by atoms with E-state index in [4.69, 9.17) is 4.74 Å². The largest absolute Gasteiger partial charge is 0.496 e. The molecule has 1 aromatic heterocycles. The SMILES string of the molecule is COc1ccc(C(C)NCc2ncc(Br)cc2Br)cc1Br. The van der Waals surface area contributed by atoms with Gasteiger partial charge in [0.2, 0.25) is 0 Å². The average Bonchev–Trinajstić information content (AvgIpc) is 2.46. The Balaban J connectivity index is 2.04. The van der Waals surface area contributed by atoms with Crippen LogP contribution in [0.5, 0.6) is 5.75 Å². The fourth-order valence-corrected chi connectivity index (χ4v) is 3.58. The van der Waals surface area contributed by atoms with Gasteiger partial charge in [-0.25, -0.2) is 0 Å². The van der Waals surface area contributed by atoms with E-state index in [1.54, 1.807) is 13.3 Å². The summed E-state index contributed by atoms with van der Waals surface area (Å²) in [4.78, 5) is 4.40. The maximum absolute atomic E-state index is 5.25. The van der Waals surface area contributed by atoms with E-state index >= 15 is 0 Å². The fourth-order valence-electron chi connectivity index (χ4n) is 1.89. The Bertz CT molecular complexity index is 634. The number of nitrogens with zero attached hydrogens (tertiary/aromatic N) is 1. The molecule has 0 amide bonds. The minimum Gasteiger partial charge on any atom is -0.496 e. The van der Waals surface area contributed by atoms with E-state index in [-0.39, 0.29) is 6.04 Å². The number of benzene rings is 1. The van der Waals surface area contributed by atoms with Gasteiger partial charge in [0.05, 0.1) is 17.3 Å². The Morgan fingerprint density at radius 3 is 2.57 bits per heavy atom. The van der Waals surface area contributed by atoms with Crippen LogP contribution < -0.4 is 10.1 Å². The molecule has 6 heteroatoms. The van der Waals surface area contributed by atoms with E-state index in [0.717, 1.165) is 24.9 Å². The summed E-state index contributed by atoms with van der Waals surface area (Å²) >= 11 is 10.4. The zero-order valence-electron chi connectivity index (χ0n) is 11.7. The van der Waals surface area contributed by atoms with Gasteiger partial charge in [-0.05, 0) is 78.5 Å². The van der Waals surface area contributed by atoms with Crippen LogP contribution in [0.1, 0.15) is 24.2 Å². The summed E-state index contributed by atoms with van der Waals surface area (Å²) in [6, 6.07) is 8.31. The molecule has 0 fully saturated rings. The summed E-state index contributed by atoms with van der Waals surface area (Å²) in [5.41, 5.74) is 2.17. The highest BCUT2D eigenvalue weighted by Crippen LogP contribution is 2.28. The third-order valence-electron chi connectivity index (χ3n) is 3.14. The first-order valence-corrected chi connectivity index (χ1v) is 8.76. The molecule has 1 aromatic carbocycles. The predicted molar refractivity (Wildman–Crippen MR) is 95.6 cm³/mol. The first-order valence-electron chi connectivity index (χ1n) is 6.38. The molecule has 0 spiro atoms. The Morgan fingerprint density at radius 1 is 1.19 bits per heavy atom. The van der Waals surface area contributed by atoms with Crippen LogP contribution in [0, 0.1) is 0 Å². The number of hydrogen-bond acceptors (Lipinski definition) is 3. The molecule has 2 rings (SSSR count). The quantitative estimate of drug-likeness (QED) is 0.639. The molecule has 1 N–H and O–H groups in total. The van der Waals surface area contributed by atoms with Gasteiger partial charge < -0.3 is 10.1 Å². The highest BCUT2D eigenvalue weighted by Gasteiger charge is 2.10. The monoisotopic (exact) mass is 476 g/mol. The van der Waals surface area contributed by atoms with Crippen molar-refractivity contribution >= 4 is 47.8 Å². The molecule has 2 aromatic rings. The van der Waals surface area contributed by atoms with Gasteiger partial charge in [0.1, 0.15) is 5.75 Å². The summed E-state index contributed by atoms with van der Waals surface area (Å²) in [7, 11) is 1.66. The van der Waals surface area contributed by atoms with Crippen molar-refractivity contribution in [3.63, 3.8) is 0 Å². The Kier molecular flexibility index (Phi) is 6.22. The number of hydrogen-bond donors (Lipinski definition) is 1. The van der Waals surface area contributed by atoms with Crippen LogP contribution in [-0.2, 0) is 6.54 Å². The zero-order valence-corrected chi connectivity index (χ0v) is 16.4.